The summed E-state index contributed by atoms with van der Waals surface area (Å²) in [4.78, 5) is 37.1. The normalized spacial score (nSPS) is 10.4. The van der Waals surface area contributed by atoms with E-state index in [1.54, 1.807) is 12.1 Å². The van der Waals surface area contributed by atoms with Gasteiger partial charge in [0.1, 0.15) is 0 Å². The highest BCUT2D eigenvalue weighted by Crippen LogP contribution is 2.24. The fourth-order valence-electron chi connectivity index (χ4n) is 2.46. The molecule has 1 heterocycles. The first-order chi connectivity index (χ1) is 13.4. The molecule has 0 bridgehead atoms. The summed E-state index contributed by atoms with van der Waals surface area (Å²) in [6, 6.07) is 11.7. The summed E-state index contributed by atoms with van der Waals surface area (Å²) < 4.78 is 0. The third-order valence-corrected chi connectivity index (χ3v) is 4.78. The molecular weight excluding hydrogens is 384 g/mol. The van der Waals surface area contributed by atoms with Gasteiger partial charge in [-0.3, -0.25) is 25.0 Å². The van der Waals surface area contributed by atoms with Gasteiger partial charge in [-0.25, -0.2) is 4.98 Å². The van der Waals surface area contributed by atoms with Crippen LogP contribution in [0.15, 0.2) is 53.9 Å². The third-order valence-electron chi connectivity index (χ3n) is 3.87. The van der Waals surface area contributed by atoms with Crippen LogP contribution >= 0.6 is 11.3 Å². The van der Waals surface area contributed by atoms with E-state index in [-0.39, 0.29) is 16.9 Å². The van der Waals surface area contributed by atoms with Crippen molar-refractivity contribution in [1.82, 2.24) is 10.3 Å². The minimum atomic E-state index is -0.550. The Bertz CT molecular complexity index is 1030. The van der Waals surface area contributed by atoms with Gasteiger partial charge in [-0.15, -0.1) is 11.3 Å². The summed E-state index contributed by atoms with van der Waals surface area (Å²) in [6.45, 7) is 0.328. The fraction of sp³-hybridized carbons (Fsp3) is 0.111. The number of thiazole rings is 1. The Balaban J connectivity index is 1.57. The van der Waals surface area contributed by atoms with Gasteiger partial charge in [-0.05, 0) is 18.2 Å². The summed E-state index contributed by atoms with van der Waals surface area (Å²) in [5.41, 5.74) is 1.58. The Hall–Kier alpha value is -3.66. The van der Waals surface area contributed by atoms with Crippen molar-refractivity contribution in [3.63, 3.8) is 0 Å². The molecule has 0 radical (unpaired) electrons. The summed E-state index contributed by atoms with van der Waals surface area (Å²) >= 11 is 1.42. The maximum absolute atomic E-state index is 12.1. The molecule has 0 atom stereocenters. The van der Waals surface area contributed by atoms with E-state index < -0.39 is 15.8 Å². The fourth-order valence-corrected chi connectivity index (χ4v) is 3.27. The average molecular weight is 398 g/mol. The van der Waals surface area contributed by atoms with E-state index in [4.69, 9.17) is 0 Å². The number of nitro groups is 2. The van der Waals surface area contributed by atoms with Crippen LogP contribution in [0.1, 0.15) is 15.4 Å². The standard InChI is InChI=1S/C18H14N4O5S/c23-18(13-2-1-3-15(10-13)22(26)27)19-9-8-17-20-16(11-28-17)12-4-6-14(7-5-12)21(24)25/h1-7,10-11H,8-9H2,(H,19,23). The number of nitro benzene ring substituents is 2. The molecule has 0 spiro atoms. The first kappa shape index (κ1) is 19.1. The van der Waals surface area contributed by atoms with Gasteiger partial charge in [0.05, 0.1) is 20.5 Å². The number of aromatic nitrogens is 1. The maximum atomic E-state index is 12.1. The number of benzene rings is 2. The topological polar surface area (TPSA) is 128 Å². The quantitative estimate of drug-likeness (QED) is 0.478. The summed E-state index contributed by atoms with van der Waals surface area (Å²) in [5.74, 6) is -0.393. The zero-order valence-corrected chi connectivity index (χ0v) is 15.2. The minimum absolute atomic E-state index is 0.0167. The van der Waals surface area contributed by atoms with E-state index in [1.165, 1.54) is 47.7 Å². The zero-order valence-electron chi connectivity index (χ0n) is 14.4. The SMILES string of the molecule is O=C(NCCc1nc(-c2ccc([N+](=O)[O-])cc2)cs1)c1cccc([N+](=O)[O-])c1. The molecule has 0 saturated carbocycles. The number of carbonyl (C=O) groups excluding carboxylic acids is 1. The highest BCUT2D eigenvalue weighted by Gasteiger charge is 2.12. The highest BCUT2D eigenvalue weighted by molar-refractivity contribution is 7.09. The zero-order chi connectivity index (χ0) is 20.1. The molecule has 2 aromatic carbocycles. The second-order valence-electron chi connectivity index (χ2n) is 5.74. The Morgan fingerprint density at radius 1 is 1.04 bits per heavy atom. The van der Waals surface area contributed by atoms with Gasteiger partial charge in [0.15, 0.2) is 0 Å². The number of hydrogen-bond acceptors (Lipinski definition) is 7. The van der Waals surface area contributed by atoms with Crippen LogP contribution in [0.5, 0.6) is 0 Å². The largest absolute Gasteiger partial charge is 0.352 e. The number of nitrogens with one attached hydrogen (secondary N) is 1. The summed E-state index contributed by atoms with van der Waals surface area (Å²) in [6.07, 6.45) is 0.498. The number of non-ortho nitro benzene ring substituents is 2. The lowest BCUT2D eigenvalue weighted by Crippen LogP contribution is -2.25. The van der Waals surface area contributed by atoms with E-state index in [0.717, 1.165) is 10.6 Å². The van der Waals surface area contributed by atoms with Crippen LogP contribution in [0.2, 0.25) is 0 Å². The summed E-state index contributed by atoms with van der Waals surface area (Å²) in [7, 11) is 0. The molecule has 0 saturated heterocycles. The van der Waals surface area contributed by atoms with Crippen LogP contribution < -0.4 is 5.32 Å². The van der Waals surface area contributed by atoms with Crippen molar-refractivity contribution in [1.29, 1.82) is 0 Å². The second kappa shape index (κ2) is 8.35. The number of amides is 1. The van der Waals surface area contributed by atoms with Gasteiger partial charge in [0.2, 0.25) is 0 Å². The van der Waals surface area contributed by atoms with Gasteiger partial charge in [-0.1, -0.05) is 6.07 Å². The highest BCUT2D eigenvalue weighted by atomic mass is 32.1. The molecule has 3 aromatic rings. The van der Waals surface area contributed by atoms with Crippen molar-refractivity contribution in [3.8, 4) is 11.3 Å². The average Bonchev–Trinajstić information content (AvgIpc) is 3.17. The lowest BCUT2D eigenvalue weighted by Gasteiger charge is -2.04. The van der Waals surface area contributed by atoms with E-state index in [0.29, 0.717) is 18.7 Å². The van der Waals surface area contributed by atoms with Crippen LogP contribution in [0.3, 0.4) is 0 Å². The minimum Gasteiger partial charge on any atom is -0.352 e. The van der Waals surface area contributed by atoms with Gasteiger partial charge >= 0.3 is 0 Å². The predicted octanol–water partition coefficient (Wildman–Crippen LogP) is 3.60. The van der Waals surface area contributed by atoms with Crippen LogP contribution in [0.4, 0.5) is 11.4 Å². The molecule has 0 fully saturated rings. The van der Waals surface area contributed by atoms with Crippen molar-refractivity contribution in [2.45, 2.75) is 6.42 Å². The van der Waals surface area contributed by atoms with Crippen molar-refractivity contribution < 1.29 is 14.6 Å². The first-order valence-corrected chi connectivity index (χ1v) is 9.04. The monoisotopic (exact) mass is 398 g/mol. The molecule has 142 valence electrons. The smallest absolute Gasteiger partial charge is 0.270 e. The van der Waals surface area contributed by atoms with Crippen molar-refractivity contribution in [3.05, 3.63) is 84.7 Å². The summed E-state index contributed by atoms with van der Waals surface area (Å²) in [5, 5.41) is 26.8. The van der Waals surface area contributed by atoms with Crippen molar-refractivity contribution >= 4 is 28.6 Å². The molecule has 1 aromatic heterocycles. The molecule has 0 aliphatic rings. The van der Waals surface area contributed by atoms with Crippen LogP contribution in [0, 0.1) is 20.2 Å². The first-order valence-electron chi connectivity index (χ1n) is 8.16. The van der Waals surface area contributed by atoms with Crippen molar-refractivity contribution in [2.24, 2.45) is 0 Å². The van der Waals surface area contributed by atoms with Crippen molar-refractivity contribution in [2.75, 3.05) is 6.54 Å². The molecule has 1 amide bonds. The molecule has 9 nitrogen and oxygen atoms in total. The number of rotatable bonds is 7. The Morgan fingerprint density at radius 2 is 1.75 bits per heavy atom. The molecular formula is C18H14N4O5S. The second-order valence-corrected chi connectivity index (χ2v) is 6.69. The molecule has 1 N–H and O–H groups in total. The lowest BCUT2D eigenvalue weighted by atomic mass is 10.1. The number of hydrogen-bond donors (Lipinski definition) is 1. The van der Waals surface area contributed by atoms with Crippen LogP contribution in [0.25, 0.3) is 11.3 Å². The Morgan fingerprint density at radius 3 is 2.43 bits per heavy atom. The van der Waals surface area contributed by atoms with Crippen LogP contribution in [-0.2, 0) is 6.42 Å². The maximum Gasteiger partial charge on any atom is 0.270 e. The van der Waals surface area contributed by atoms with E-state index in [9.17, 15) is 25.0 Å². The number of carbonyl (C=O) groups is 1. The number of nitrogens with zero attached hydrogens (tertiary/aromatic N) is 3. The predicted molar refractivity (Wildman–Crippen MR) is 103 cm³/mol. The Labute approximate surface area is 163 Å². The molecule has 0 aliphatic carbocycles. The van der Waals surface area contributed by atoms with Crippen LogP contribution in [-0.4, -0.2) is 27.3 Å². The van der Waals surface area contributed by atoms with E-state index in [2.05, 4.69) is 10.3 Å². The van der Waals surface area contributed by atoms with Gasteiger partial charge in [0.25, 0.3) is 17.3 Å². The van der Waals surface area contributed by atoms with E-state index in [1.807, 2.05) is 5.38 Å². The van der Waals surface area contributed by atoms with E-state index >= 15 is 0 Å². The molecule has 3 rings (SSSR count). The molecule has 0 unspecified atom stereocenters. The van der Waals surface area contributed by atoms with Gasteiger partial charge < -0.3 is 5.32 Å². The van der Waals surface area contributed by atoms with Gasteiger partial charge in [-0.2, -0.15) is 0 Å². The molecule has 28 heavy (non-hydrogen) atoms. The molecule has 10 heteroatoms. The Kier molecular flexibility index (Phi) is 5.70. The lowest BCUT2D eigenvalue weighted by molar-refractivity contribution is -0.385. The van der Waals surface area contributed by atoms with Gasteiger partial charge in [0, 0.05) is 53.7 Å². The molecule has 0 aliphatic heterocycles. The third kappa shape index (κ3) is 4.54.